The molecule has 2 fully saturated rings. The molecular formula is C39H45N7O5S. The number of para-hydroxylation sites is 1. The lowest BCUT2D eigenvalue weighted by Gasteiger charge is -2.28. The van der Waals surface area contributed by atoms with Crippen molar-refractivity contribution in [1.29, 1.82) is 0 Å². The second-order valence-corrected chi connectivity index (χ2v) is 15.0. The summed E-state index contributed by atoms with van der Waals surface area (Å²) in [6.45, 7) is 1.02. The number of hydrazine groups is 2. The van der Waals surface area contributed by atoms with Crippen LogP contribution in [0.2, 0.25) is 0 Å². The molecule has 3 atom stereocenters. The molecule has 272 valence electrons. The van der Waals surface area contributed by atoms with Crippen molar-refractivity contribution < 1.29 is 23.9 Å². The van der Waals surface area contributed by atoms with Crippen molar-refractivity contribution in [3.05, 3.63) is 95.7 Å². The van der Waals surface area contributed by atoms with E-state index in [2.05, 4.69) is 56.4 Å². The normalized spacial score (nSPS) is 18.8. The van der Waals surface area contributed by atoms with E-state index in [9.17, 15) is 19.2 Å². The molecule has 1 unspecified atom stereocenters. The van der Waals surface area contributed by atoms with Crippen LogP contribution < -0.4 is 21.5 Å². The molecule has 13 heteroatoms. The summed E-state index contributed by atoms with van der Waals surface area (Å²) in [7, 11) is 3.52. The zero-order valence-electron chi connectivity index (χ0n) is 29.5. The Bertz CT molecular complexity index is 1920. The highest BCUT2D eigenvalue weighted by atomic mass is 32.2. The number of amides is 5. The lowest BCUT2D eigenvalue weighted by molar-refractivity contribution is -0.129. The zero-order chi connectivity index (χ0) is 36.2. The third kappa shape index (κ3) is 7.61. The van der Waals surface area contributed by atoms with Gasteiger partial charge in [0.1, 0.15) is 6.61 Å². The van der Waals surface area contributed by atoms with Gasteiger partial charge in [-0.25, -0.2) is 19.6 Å². The summed E-state index contributed by atoms with van der Waals surface area (Å²) < 4.78 is 7.96. The highest BCUT2D eigenvalue weighted by molar-refractivity contribution is 8.00. The minimum atomic E-state index is -0.451. The largest absolute Gasteiger partial charge is 0.447 e. The number of aromatic nitrogens is 1. The molecule has 1 aliphatic carbocycles. The third-order valence-electron chi connectivity index (χ3n) is 10.4. The first kappa shape index (κ1) is 35.4. The minimum Gasteiger partial charge on any atom is -0.447 e. The summed E-state index contributed by atoms with van der Waals surface area (Å²) in [5, 5.41) is 10.6. The number of hydrogen-bond donors (Lipinski definition) is 4. The molecule has 0 radical (unpaired) electrons. The van der Waals surface area contributed by atoms with Crippen LogP contribution in [0.5, 0.6) is 0 Å². The fourth-order valence-corrected chi connectivity index (χ4v) is 9.13. The molecule has 1 aromatic heterocycles. The van der Waals surface area contributed by atoms with E-state index in [0.29, 0.717) is 31.2 Å². The Labute approximate surface area is 307 Å². The molecule has 3 aliphatic rings. The Morgan fingerprint density at radius 2 is 1.56 bits per heavy atom. The van der Waals surface area contributed by atoms with Gasteiger partial charge in [0.15, 0.2) is 0 Å². The molecule has 2 aliphatic heterocycles. The van der Waals surface area contributed by atoms with Crippen LogP contribution in [0.25, 0.3) is 22.0 Å². The predicted molar refractivity (Wildman–Crippen MR) is 201 cm³/mol. The van der Waals surface area contributed by atoms with Crippen LogP contribution in [0.15, 0.2) is 78.9 Å². The molecule has 52 heavy (non-hydrogen) atoms. The fourth-order valence-electron chi connectivity index (χ4n) is 7.58. The van der Waals surface area contributed by atoms with Crippen molar-refractivity contribution in [3.63, 3.8) is 0 Å². The molecular weight excluding hydrogens is 679 g/mol. The van der Waals surface area contributed by atoms with Gasteiger partial charge in [-0.1, -0.05) is 73.2 Å². The van der Waals surface area contributed by atoms with Crippen molar-refractivity contribution in [3.8, 4) is 11.1 Å². The molecule has 12 nitrogen and oxygen atoms in total. The standard InChI is InChI=1S/C39H45N7O5S/c1-44(45(2)39(50)51-23-31-29-14-6-4-12-27(29)28-13-5-7-15-30(28)31)22-26-21-25-11-3-8-16-33(25)46(26)20-19-36(48)43-42-35(47)18-10-9-17-34-37-32(24-52-34)40-38(49)41-37/h3-8,11-16,21,31-32,34,37H,9-10,17-20,22-24H2,1-2H3,(H,42,47)(H,43,48)(H2,40,41,49)/t32-,34?,37-/m0/s1. The van der Waals surface area contributed by atoms with E-state index in [0.717, 1.165) is 46.3 Å². The van der Waals surface area contributed by atoms with Crippen LogP contribution in [0, 0.1) is 0 Å². The number of unbranched alkanes of at least 4 members (excludes halogenated alkanes) is 1. The van der Waals surface area contributed by atoms with Gasteiger partial charge in [-0.2, -0.15) is 11.8 Å². The van der Waals surface area contributed by atoms with Gasteiger partial charge in [0.2, 0.25) is 11.8 Å². The number of nitrogens with zero attached hydrogens (tertiary/aromatic N) is 3. The van der Waals surface area contributed by atoms with Crippen LogP contribution in [0.1, 0.15) is 54.8 Å². The first-order chi connectivity index (χ1) is 25.3. The maximum Gasteiger partial charge on any atom is 0.424 e. The van der Waals surface area contributed by atoms with E-state index in [1.165, 1.54) is 16.1 Å². The summed E-state index contributed by atoms with van der Waals surface area (Å²) in [6.07, 6.45) is 2.51. The van der Waals surface area contributed by atoms with Gasteiger partial charge in [-0.3, -0.25) is 20.4 Å². The lowest BCUT2D eigenvalue weighted by Crippen LogP contribution is -2.42. The summed E-state index contributed by atoms with van der Waals surface area (Å²) >= 11 is 1.86. The zero-order valence-corrected chi connectivity index (χ0v) is 30.3. The molecule has 7 rings (SSSR count). The minimum absolute atomic E-state index is 0.0289. The number of hydrogen-bond acceptors (Lipinski definition) is 7. The van der Waals surface area contributed by atoms with E-state index in [-0.39, 0.29) is 48.9 Å². The third-order valence-corrected chi connectivity index (χ3v) is 11.9. The Hall–Kier alpha value is -5.01. The van der Waals surface area contributed by atoms with E-state index >= 15 is 0 Å². The van der Waals surface area contributed by atoms with E-state index in [1.54, 1.807) is 12.1 Å². The maximum absolute atomic E-state index is 13.3. The van der Waals surface area contributed by atoms with Crippen LogP contribution in [0.4, 0.5) is 9.59 Å². The van der Waals surface area contributed by atoms with Gasteiger partial charge >= 0.3 is 12.1 Å². The molecule has 4 aromatic rings. The van der Waals surface area contributed by atoms with Crippen LogP contribution in [-0.4, -0.2) is 82.3 Å². The lowest BCUT2D eigenvalue weighted by atomic mass is 9.98. The highest BCUT2D eigenvalue weighted by Gasteiger charge is 2.42. The number of nitrogens with one attached hydrogen (secondary N) is 4. The number of benzene rings is 3. The summed E-state index contributed by atoms with van der Waals surface area (Å²) in [4.78, 5) is 50.2. The maximum atomic E-state index is 13.3. The number of carbonyl (C=O) groups is 4. The molecule has 4 N–H and O–H groups in total. The summed E-state index contributed by atoms with van der Waals surface area (Å²) in [5.74, 6) is 0.361. The van der Waals surface area contributed by atoms with E-state index in [1.807, 2.05) is 67.3 Å². The van der Waals surface area contributed by atoms with Crippen LogP contribution in [0.3, 0.4) is 0 Å². The van der Waals surface area contributed by atoms with Crippen molar-refractivity contribution in [2.24, 2.45) is 0 Å². The SMILES string of the molecule is CN(Cc1cc2ccccc2n1CCC(=O)NNC(=O)CCCCC1SC[C@@H]2NC(=O)N[C@H]12)N(C)C(=O)OCC1c2ccccc2-c2ccccc21. The van der Waals surface area contributed by atoms with Crippen LogP contribution in [-0.2, 0) is 27.4 Å². The van der Waals surface area contributed by atoms with Gasteiger partial charge in [0, 0.05) is 61.6 Å². The van der Waals surface area contributed by atoms with Crippen molar-refractivity contribution in [1.82, 2.24) is 36.1 Å². The molecule has 2 saturated heterocycles. The highest BCUT2D eigenvalue weighted by Crippen LogP contribution is 2.44. The average molecular weight is 724 g/mol. The topological polar surface area (TPSA) is 137 Å². The number of carbonyl (C=O) groups excluding carboxylic acids is 4. The summed E-state index contributed by atoms with van der Waals surface area (Å²) in [6, 6.07) is 26.8. The predicted octanol–water partition coefficient (Wildman–Crippen LogP) is 5.13. The monoisotopic (exact) mass is 723 g/mol. The number of rotatable bonds is 13. The fraction of sp³-hybridized carbons (Fsp3) is 0.385. The molecule has 3 heterocycles. The Kier molecular flexibility index (Phi) is 10.7. The number of urea groups is 1. The van der Waals surface area contributed by atoms with Gasteiger partial charge < -0.3 is 19.9 Å². The van der Waals surface area contributed by atoms with Crippen LogP contribution >= 0.6 is 11.8 Å². The quantitative estimate of drug-likeness (QED) is 0.0853. The summed E-state index contributed by atoms with van der Waals surface area (Å²) in [5.41, 5.74) is 11.7. The Balaban J connectivity index is 0.881. The van der Waals surface area contributed by atoms with Crippen molar-refractivity contribution >= 4 is 46.6 Å². The first-order valence-electron chi connectivity index (χ1n) is 17.9. The number of fused-ring (bicyclic) bond motifs is 5. The molecule has 3 aromatic carbocycles. The van der Waals surface area contributed by atoms with Gasteiger partial charge in [0.05, 0.1) is 18.6 Å². The molecule has 0 bridgehead atoms. The van der Waals surface area contributed by atoms with E-state index in [4.69, 9.17) is 4.74 Å². The first-order valence-corrected chi connectivity index (χ1v) is 18.9. The van der Waals surface area contributed by atoms with E-state index < -0.39 is 6.09 Å². The Morgan fingerprint density at radius 3 is 2.31 bits per heavy atom. The van der Waals surface area contributed by atoms with Crippen molar-refractivity contribution in [2.75, 3.05) is 26.5 Å². The smallest absolute Gasteiger partial charge is 0.424 e. The number of aryl methyl sites for hydroxylation is 1. The van der Waals surface area contributed by atoms with Gasteiger partial charge in [0.25, 0.3) is 0 Å². The van der Waals surface area contributed by atoms with Gasteiger partial charge in [-0.05, 0) is 52.6 Å². The second kappa shape index (κ2) is 15.7. The van der Waals surface area contributed by atoms with Gasteiger partial charge in [-0.15, -0.1) is 0 Å². The number of ether oxygens (including phenoxy) is 1. The molecule has 5 amide bonds. The average Bonchev–Trinajstić information content (AvgIpc) is 3.90. The number of thioether (sulfide) groups is 1. The molecule has 0 saturated carbocycles. The molecule has 0 spiro atoms. The Morgan fingerprint density at radius 1 is 0.885 bits per heavy atom. The van der Waals surface area contributed by atoms with Crippen molar-refractivity contribution in [2.45, 2.75) is 68.4 Å². The second-order valence-electron chi connectivity index (χ2n) is 13.7.